The molecule has 0 amide bonds. The first-order valence-electron chi connectivity index (χ1n) is 10.9. The number of aromatic nitrogens is 2. The van der Waals surface area contributed by atoms with Gasteiger partial charge in [0.2, 0.25) is 0 Å². The number of rotatable bonds is 6. The average Bonchev–Trinajstić information content (AvgIpc) is 3.47. The van der Waals surface area contributed by atoms with E-state index in [1.165, 1.54) is 11.3 Å². The number of halogens is 1. The van der Waals surface area contributed by atoms with Gasteiger partial charge in [0.05, 0.1) is 0 Å². The standard InChI is InChI=1S/C27H25N2O2PS.BrH/c1-3-31-26(30)24-25(28-27-29(24)19-20-33-27)32(2,21-13-7-4-8-14-21,22-15-9-5-10-16-22)23-17-11-6-12-18-23;/h4-20H,3H2,1-2H3;1H. The number of esters is 1. The van der Waals surface area contributed by atoms with Crippen LogP contribution in [0.4, 0.5) is 0 Å². The predicted octanol–water partition coefficient (Wildman–Crippen LogP) is 4.94. The number of carbonyl (C=O) groups is 1. The van der Waals surface area contributed by atoms with Gasteiger partial charge in [-0.15, -0.1) is 17.0 Å². The second-order valence-corrected chi connectivity index (χ2v) is 14.1. The summed E-state index contributed by atoms with van der Waals surface area (Å²) in [6.45, 7) is 1.00. The Kier molecular flexibility index (Phi) is 6.77. The molecular weight excluding hydrogens is 527 g/mol. The summed E-state index contributed by atoms with van der Waals surface area (Å²) in [4.78, 5) is 19.4. The number of nitrogens with zero attached hydrogens (tertiary/aromatic N) is 2. The number of hydrogen-bond donors (Lipinski definition) is 0. The monoisotopic (exact) mass is 552 g/mol. The van der Waals surface area contributed by atoms with Crippen LogP contribution in [-0.2, 0) is 4.74 Å². The van der Waals surface area contributed by atoms with Gasteiger partial charge in [0.25, 0.3) is 0 Å². The molecule has 0 spiro atoms. The van der Waals surface area contributed by atoms with E-state index >= 15 is 0 Å². The molecule has 0 unspecified atom stereocenters. The van der Waals surface area contributed by atoms with Crippen LogP contribution in [0.1, 0.15) is 17.4 Å². The SMILES string of the molecule is Br.CCOC(=O)c1c(P(C)(c2ccccc2)(c2ccccc2)c2ccccc2)nc2sccn12. The summed E-state index contributed by atoms with van der Waals surface area (Å²) < 4.78 is 7.46. The van der Waals surface area contributed by atoms with Crippen LogP contribution in [0.15, 0.2) is 103 Å². The summed E-state index contributed by atoms with van der Waals surface area (Å²) in [5.74, 6) is -0.350. The first-order chi connectivity index (χ1) is 16.1. The third kappa shape index (κ3) is 3.44. The van der Waals surface area contributed by atoms with Gasteiger partial charge in [-0.05, 0) is 0 Å². The van der Waals surface area contributed by atoms with E-state index in [1.807, 2.05) is 41.1 Å². The van der Waals surface area contributed by atoms with Crippen molar-refractivity contribution in [3.63, 3.8) is 0 Å². The van der Waals surface area contributed by atoms with Gasteiger partial charge in [0.1, 0.15) is 0 Å². The molecule has 5 aromatic rings. The van der Waals surface area contributed by atoms with Gasteiger partial charge >= 0.3 is 198 Å². The topological polar surface area (TPSA) is 43.6 Å². The quantitative estimate of drug-likeness (QED) is 0.221. The van der Waals surface area contributed by atoms with Crippen molar-refractivity contribution in [2.45, 2.75) is 6.92 Å². The predicted molar refractivity (Wildman–Crippen MR) is 150 cm³/mol. The van der Waals surface area contributed by atoms with Crippen molar-refractivity contribution in [1.82, 2.24) is 9.38 Å². The molecule has 3 aromatic carbocycles. The fourth-order valence-corrected chi connectivity index (χ4v) is 11.0. The number of thiazole rings is 1. The molecule has 7 heteroatoms. The van der Waals surface area contributed by atoms with Crippen molar-refractivity contribution < 1.29 is 9.53 Å². The number of ether oxygens (including phenoxy) is 1. The van der Waals surface area contributed by atoms with Gasteiger partial charge in [0.15, 0.2) is 0 Å². The minimum absolute atomic E-state index is 0. The van der Waals surface area contributed by atoms with Gasteiger partial charge < -0.3 is 0 Å². The maximum absolute atomic E-state index is 13.5. The second-order valence-electron chi connectivity index (χ2n) is 8.13. The first-order valence-corrected chi connectivity index (χ1v) is 14.5. The average molecular weight is 553 g/mol. The third-order valence-electron chi connectivity index (χ3n) is 6.45. The Balaban J connectivity index is 0.00000274. The van der Waals surface area contributed by atoms with Gasteiger partial charge in [-0.25, -0.2) is 0 Å². The van der Waals surface area contributed by atoms with E-state index < -0.39 is 6.60 Å². The van der Waals surface area contributed by atoms with Crippen LogP contribution in [0.2, 0.25) is 0 Å². The molecule has 0 atom stereocenters. The van der Waals surface area contributed by atoms with Gasteiger partial charge in [0, 0.05) is 0 Å². The molecule has 0 fully saturated rings. The third-order valence-corrected chi connectivity index (χ3v) is 13.3. The molecule has 0 aliphatic carbocycles. The van der Waals surface area contributed by atoms with Crippen LogP contribution in [-0.4, -0.2) is 28.6 Å². The van der Waals surface area contributed by atoms with Crippen molar-refractivity contribution in [2.24, 2.45) is 0 Å². The molecular formula is C27H26BrN2O2PS. The number of hydrogen-bond acceptors (Lipinski definition) is 4. The Morgan fingerprint density at radius 1 is 0.882 bits per heavy atom. The fourth-order valence-electron chi connectivity index (χ4n) is 4.77. The number of benzene rings is 3. The van der Waals surface area contributed by atoms with Crippen molar-refractivity contribution in [1.29, 1.82) is 0 Å². The Bertz CT molecular complexity index is 1320. The van der Waals surface area contributed by atoms with E-state index in [2.05, 4.69) is 79.5 Å². The van der Waals surface area contributed by atoms with Crippen LogP contribution in [0.3, 0.4) is 0 Å². The zero-order valence-corrected chi connectivity index (χ0v) is 22.4. The number of imidazole rings is 1. The Labute approximate surface area is 213 Å². The molecule has 5 rings (SSSR count). The van der Waals surface area contributed by atoms with Crippen molar-refractivity contribution in [2.75, 3.05) is 13.3 Å². The van der Waals surface area contributed by atoms with E-state index in [0.29, 0.717) is 12.3 Å². The molecule has 4 nitrogen and oxygen atoms in total. The Morgan fingerprint density at radius 2 is 1.35 bits per heavy atom. The Morgan fingerprint density at radius 3 is 1.79 bits per heavy atom. The summed E-state index contributed by atoms with van der Waals surface area (Å²) in [6, 6.07) is 31.5. The summed E-state index contributed by atoms with van der Waals surface area (Å²) >= 11 is 1.52. The first kappa shape index (κ1) is 24.3. The maximum atomic E-state index is 13.5. The zero-order valence-electron chi connectivity index (χ0n) is 19.0. The molecule has 2 aromatic heterocycles. The molecule has 0 aliphatic heterocycles. The van der Waals surface area contributed by atoms with Gasteiger partial charge in [-0.3, -0.25) is 0 Å². The summed E-state index contributed by atoms with van der Waals surface area (Å²) in [5.41, 5.74) is 1.29. The van der Waals surface area contributed by atoms with E-state index in [1.54, 1.807) is 0 Å². The fraction of sp³-hybridized carbons (Fsp3) is 0.111. The van der Waals surface area contributed by atoms with Crippen LogP contribution < -0.4 is 21.3 Å². The minimum atomic E-state index is -3.44. The number of carbonyl (C=O) groups excluding carboxylic acids is 1. The van der Waals surface area contributed by atoms with Crippen molar-refractivity contribution in [3.8, 4) is 0 Å². The molecule has 34 heavy (non-hydrogen) atoms. The molecule has 0 saturated heterocycles. The van der Waals surface area contributed by atoms with Crippen molar-refractivity contribution in [3.05, 3.63) is 108 Å². The van der Waals surface area contributed by atoms with E-state index in [9.17, 15) is 4.79 Å². The molecule has 2 heterocycles. The van der Waals surface area contributed by atoms with Gasteiger partial charge in [-0.2, -0.15) is 0 Å². The Hall–Kier alpha value is -2.79. The summed E-state index contributed by atoms with van der Waals surface area (Å²) in [5, 5.41) is 5.40. The molecule has 0 aliphatic rings. The second kappa shape index (κ2) is 9.46. The van der Waals surface area contributed by atoms with E-state index in [4.69, 9.17) is 9.72 Å². The van der Waals surface area contributed by atoms with E-state index in [0.717, 1.165) is 26.3 Å². The van der Waals surface area contributed by atoms with Crippen LogP contribution in [0.25, 0.3) is 4.96 Å². The number of fused-ring (bicyclic) bond motifs is 1. The van der Waals surface area contributed by atoms with Crippen LogP contribution in [0, 0.1) is 0 Å². The molecule has 0 saturated carbocycles. The summed E-state index contributed by atoms with van der Waals surface area (Å²) in [6.07, 6.45) is 1.91. The van der Waals surface area contributed by atoms with E-state index in [-0.39, 0.29) is 23.0 Å². The normalized spacial score (nSPS) is 12.5. The molecule has 0 N–H and O–H groups in total. The van der Waals surface area contributed by atoms with Crippen molar-refractivity contribution >= 4 is 67.2 Å². The van der Waals surface area contributed by atoms with Gasteiger partial charge in [-0.1, -0.05) is 0 Å². The molecule has 0 radical (unpaired) electrons. The van der Waals surface area contributed by atoms with Crippen LogP contribution >= 0.6 is 34.9 Å². The molecule has 0 bridgehead atoms. The molecule has 174 valence electrons. The summed E-state index contributed by atoms with van der Waals surface area (Å²) in [7, 11) is 0. The zero-order chi connectivity index (χ0) is 22.9. The van der Waals surface area contributed by atoms with Crippen LogP contribution in [0.5, 0.6) is 0 Å².